The lowest BCUT2D eigenvalue weighted by atomic mass is 9.82. The molecule has 1 amide bonds. The van der Waals surface area contributed by atoms with E-state index in [0.717, 1.165) is 19.3 Å². The van der Waals surface area contributed by atoms with E-state index in [2.05, 4.69) is 22.8 Å². The number of nitrogens with zero attached hydrogens (tertiary/aromatic N) is 1. The molecule has 1 aromatic heterocycles. The van der Waals surface area contributed by atoms with Gasteiger partial charge in [-0.25, -0.2) is 0 Å². The van der Waals surface area contributed by atoms with Crippen LogP contribution in [0.15, 0.2) is 11.4 Å². The maximum Gasteiger partial charge on any atom is 0.240 e. The second-order valence-corrected chi connectivity index (χ2v) is 6.12. The van der Waals surface area contributed by atoms with Gasteiger partial charge < -0.3 is 5.32 Å². The molecule has 0 spiro atoms. The van der Waals surface area contributed by atoms with Gasteiger partial charge in [-0.2, -0.15) is 5.26 Å². The lowest BCUT2D eigenvalue weighted by molar-refractivity contribution is -0.129. The van der Waals surface area contributed by atoms with Crippen molar-refractivity contribution in [3.8, 4) is 6.07 Å². The summed E-state index contributed by atoms with van der Waals surface area (Å²) < 4.78 is 0. The summed E-state index contributed by atoms with van der Waals surface area (Å²) in [4.78, 5) is 13.8. The van der Waals surface area contributed by atoms with E-state index < -0.39 is 5.41 Å². The normalized spacial score (nSPS) is 18.5. The smallest absolute Gasteiger partial charge is 0.240 e. The second-order valence-electron chi connectivity index (χ2n) is 5.12. The summed E-state index contributed by atoms with van der Waals surface area (Å²) in [6, 6.07) is 4.41. The van der Waals surface area contributed by atoms with Crippen molar-refractivity contribution in [2.45, 2.75) is 52.0 Å². The molecule has 1 aliphatic carbocycles. The molecule has 19 heavy (non-hydrogen) atoms. The molecule has 0 radical (unpaired) electrons. The number of amides is 1. The molecule has 1 aliphatic rings. The minimum Gasteiger partial charge on any atom is -0.348 e. The Labute approximate surface area is 118 Å². The third kappa shape index (κ3) is 2.52. The zero-order valence-corrected chi connectivity index (χ0v) is 12.3. The van der Waals surface area contributed by atoms with Crippen molar-refractivity contribution in [3.05, 3.63) is 21.9 Å². The number of nitrogens with one attached hydrogen (secondary N) is 1. The number of fused-ring (bicyclic) bond motifs is 1. The number of hydrogen-bond donors (Lipinski definition) is 1. The van der Waals surface area contributed by atoms with Gasteiger partial charge in [-0.05, 0) is 49.1 Å². The van der Waals surface area contributed by atoms with Crippen molar-refractivity contribution in [3.63, 3.8) is 0 Å². The Kier molecular flexibility index (Phi) is 4.26. The van der Waals surface area contributed by atoms with Crippen LogP contribution in [0.1, 0.15) is 56.0 Å². The molecule has 0 fully saturated rings. The van der Waals surface area contributed by atoms with Crippen LogP contribution < -0.4 is 5.32 Å². The average Bonchev–Trinajstić information content (AvgIpc) is 2.91. The summed E-state index contributed by atoms with van der Waals surface area (Å²) in [6.45, 7) is 3.81. The zero-order valence-electron chi connectivity index (χ0n) is 11.5. The molecule has 1 heterocycles. The highest BCUT2D eigenvalue weighted by molar-refractivity contribution is 7.10. The van der Waals surface area contributed by atoms with Crippen LogP contribution in [-0.4, -0.2) is 5.91 Å². The monoisotopic (exact) mass is 276 g/mol. The number of rotatable bonds is 4. The first-order chi connectivity index (χ1) is 9.16. The minimum absolute atomic E-state index is 0.0910. The third-order valence-corrected chi connectivity index (χ3v) is 5.21. The zero-order chi connectivity index (χ0) is 13.9. The Bertz CT molecular complexity index is 496. The summed E-state index contributed by atoms with van der Waals surface area (Å²) in [6.07, 6.45) is 4.33. The van der Waals surface area contributed by atoms with Crippen LogP contribution in [-0.2, 0) is 11.2 Å². The van der Waals surface area contributed by atoms with Crippen molar-refractivity contribution >= 4 is 17.2 Å². The molecule has 102 valence electrons. The molecule has 1 unspecified atom stereocenters. The molecule has 0 aromatic carbocycles. The number of nitriles is 1. The molecule has 0 saturated carbocycles. The standard InChI is InChI=1S/C15H20N2OS/c1-3-15(4-2,10-16)14(18)17-12-6-5-7-13-11(12)8-9-19-13/h8-9,12H,3-7H2,1-2H3,(H,17,18). The van der Waals surface area contributed by atoms with Crippen LogP contribution in [0.3, 0.4) is 0 Å². The summed E-state index contributed by atoms with van der Waals surface area (Å²) in [5.41, 5.74) is 0.386. The molecule has 0 bridgehead atoms. The van der Waals surface area contributed by atoms with E-state index in [1.54, 1.807) is 11.3 Å². The van der Waals surface area contributed by atoms with Gasteiger partial charge in [0.15, 0.2) is 0 Å². The Hall–Kier alpha value is -1.34. The first-order valence-electron chi connectivity index (χ1n) is 6.95. The number of carbonyl (C=O) groups excluding carboxylic acids is 1. The first kappa shape index (κ1) is 14.1. The van der Waals surface area contributed by atoms with Gasteiger partial charge in [0, 0.05) is 4.88 Å². The average molecular weight is 276 g/mol. The number of carbonyl (C=O) groups is 1. The fraction of sp³-hybridized carbons (Fsp3) is 0.600. The van der Waals surface area contributed by atoms with Crippen LogP contribution >= 0.6 is 11.3 Å². The van der Waals surface area contributed by atoms with E-state index in [4.69, 9.17) is 0 Å². The molecule has 0 aliphatic heterocycles. The van der Waals surface area contributed by atoms with Crippen molar-refractivity contribution in [2.75, 3.05) is 0 Å². The van der Waals surface area contributed by atoms with E-state index in [1.807, 2.05) is 13.8 Å². The lowest BCUT2D eigenvalue weighted by Crippen LogP contribution is -2.41. The SMILES string of the molecule is CCC(C#N)(CC)C(=O)NC1CCCc2sccc21. The highest BCUT2D eigenvalue weighted by Gasteiger charge is 2.37. The van der Waals surface area contributed by atoms with E-state index in [9.17, 15) is 10.1 Å². The quantitative estimate of drug-likeness (QED) is 0.914. The molecule has 3 nitrogen and oxygen atoms in total. The van der Waals surface area contributed by atoms with Crippen LogP contribution in [0.5, 0.6) is 0 Å². The molecule has 2 rings (SSSR count). The lowest BCUT2D eigenvalue weighted by Gasteiger charge is -2.29. The van der Waals surface area contributed by atoms with Crippen LogP contribution in [0.25, 0.3) is 0 Å². The Morgan fingerprint density at radius 2 is 2.32 bits per heavy atom. The first-order valence-corrected chi connectivity index (χ1v) is 7.83. The number of aryl methyl sites for hydroxylation is 1. The van der Waals surface area contributed by atoms with Crippen molar-refractivity contribution in [1.82, 2.24) is 5.32 Å². The third-order valence-electron chi connectivity index (χ3n) is 4.21. The van der Waals surface area contributed by atoms with E-state index in [1.165, 1.54) is 10.4 Å². The van der Waals surface area contributed by atoms with E-state index >= 15 is 0 Å². The van der Waals surface area contributed by atoms with Crippen LogP contribution in [0.2, 0.25) is 0 Å². The van der Waals surface area contributed by atoms with Crippen LogP contribution in [0, 0.1) is 16.7 Å². The highest BCUT2D eigenvalue weighted by Crippen LogP contribution is 2.35. The van der Waals surface area contributed by atoms with Gasteiger partial charge >= 0.3 is 0 Å². The van der Waals surface area contributed by atoms with Gasteiger partial charge in [-0.15, -0.1) is 11.3 Å². The fourth-order valence-corrected chi connectivity index (χ4v) is 3.70. The molecule has 1 aromatic rings. The largest absolute Gasteiger partial charge is 0.348 e. The Morgan fingerprint density at radius 1 is 1.58 bits per heavy atom. The molecule has 1 N–H and O–H groups in total. The molecule has 0 saturated heterocycles. The minimum atomic E-state index is -0.867. The Balaban J connectivity index is 2.15. The van der Waals surface area contributed by atoms with Crippen molar-refractivity contribution in [2.24, 2.45) is 5.41 Å². The molecular weight excluding hydrogens is 256 g/mol. The van der Waals surface area contributed by atoms with Crippen LogP contribution in [0.4, 0.5) is 0 Å². The van der Waals surface area contributed by atoms with Crippen molar-refractivity contribution in [1.29, 1.82) is 5.26 Å². The van der Waals surface area contributed by atoms with Gasteiger partial charge in [-0.3, -0.25) is 4.79 Å². The molecule has 1 atom stereocenters. The molecule has 4 heteroatoms. The van der Waals surface area contributed by atoms with Gasteiger partial charge in [0.2, 0.25) is 5.91 Å². The fourth-order valence-electron chi connectivity index (χ4n) is 2.71. The van der Waals surface area contributed by atoms with Gasteiger partial charge in [-0.1, -0.05) is 13.8 Å². The van der Waals surface area contributed by atoms with Gasteiger partial charge in [0.1, 0.15) is 5.41 Å². The second kappa shape index (κ2) is 5.75. The summed E-state index contributed by atoms with van der Waals surface area (Å²) >= 11 is 1.76. The highest BCUT2D eigenvalue weighted by atomic mass is 32.1. The predicted molar refractivity (Wildman–Crippen MR) is 76.8 cm³/mol. The number of hydrogen-bond acceptors (Lipinski definition) is 3. The molecular formula is C15H20N2OS. The summed E-state index contributed by atoms with van der Waals surface area (Å²) in [5.74, 6) is -0.107. The topological polar surface area (TPSA) is 52.9 Å². The maximum absolute atomic E-state index is 12.4. The van der Waals surface area contributed by atoms with E-state index in [0.29, 0.717) is 12.8 Å². The Morgan fingerprint density at radius 3 is 2.95 bits per heavy atom. The maximum atomic E-state index is 12.4. The van der Waals surface area contributed by atoms with Crippen molar-refractivity contribution < 1.29 is 4.79 Å². The predicted octanol–water partition coefficient (Wildman–Crippen LogP) is 3.57. The number of thiophene rings is 1. The summed E-state index contributed by atoms with van der Waals surface area (Å²) in [5, 5.41) is 14.5. The van der Waals surface area contributed by atoms with E-state index in [-0.39, 0.29) is 11.9 Å². The summed E-state index contributed by atoms with van der Waals surface area (Å²) in [7, 11) is 0. The van der Waals surface area contributed by atoms with Gasteiger partial charge in [0.05, 0.1) is 12.1 Å². The van der Waals surface area contributed by atoms with Gasteiger partial charge in [0.25, 0.3) is 0 Å².